The van der Waals surface area contributed by atoms with Crippen LogP contribution in [0.4, 0.5) is 0 Å². The van der Waals surface area contributed by atoms with E-state index in [1.807, 2.05) is 36.3 Å². The first-order chi connectivity index (χ1) is 15.1. The first kappa shape index (κ1) is 20.2. The van der Waals surface area contributed by atoms with E-state index >= 15 is 0 Å². The van der Waals surface area contributed by atoms with E-state index in [4.69, 9.17) is 9.97 Å². The van der Waals surface area contributed by atoms with Crippen LogP contribution in [-0.4, -0.2) is 63.5 Å². The molecular weight excluding hydrogens is 388 g/mol. The molecule has 162 valence electrons. The fourth-order valence-electron chi connectivity index (χ4n) is 4.96. The van der Waals surface area contributed by atoms with Gasteiger partial charge in [0.1, 0.15) is 11.3 Å². The van der Waals surface area contributed by atoms with Gasteiger partial charge in [0.05, 0.1) is 29.4 Å². The monoisotopic (exact) mass is 418 g/mol. The average Bonchev–Trinajstić information content (AvgIpc) is 3.14. The second-order valence-electron chi connectivity index (χ2n) is 8.67. The molecule has 1 aliphatic carbocycles. The van der Waals surface area contributed by atoms with Crippen LogP contribution in [0.3, 0.4) is 0 Å². The van der Waals surface area contributed by atoms with Gasteiger partial charge in [-0.1, -0.05) is 12.1 Å². The zero-order chi connectivity index (χ0) is 21.4. The quantitative estimate of drug-likeness (QED) is 0.705. The molecule has 1 amide bonds. The minimum atomic E-state index is 0.0792. The van der Waals surface area contributed by atoms with E-state index in [1.165, 1.54) is 17.7 Å². The molecule has 3 heterocycles. The first-order valence-corrected chi connectivity index (χ1v) is 11.2. The lowest BCUT2D eigenvalue weighted by Crippen LogP contribution is -2.46. The summed E-state index contributed by atoms with van der Waals surface area (Å²) < 4.78 is 2.13. The molecule has 1 unspecified atom stereocenters. The highest BCUT2D eigenvalue weighted by atomic mass is 16.2. The number of pyridine rings is 1. The van der Waals surface area contributed by atoms with Gasteiger partial charge >= 0.3 is 0 Å². The summed E-state index contributed by atoms with van der Waals surface area (Å²) in [6, 6.07) is 10.5. The van der Waals surface area contributed by atoms with Crippen LogP contribution in [0.15, 0.2) is 36.5 Å². The van der Waals surface area contributed by atoms with Crippen molar-refractivity contribution in [1.29, 1.82) is 0 Å². The summed E-state index contributed by atoms with van der Waals surface area (Å²) in [5, 5.41) is 3.31. The molecule has 5 rings (SSSR count). The summed E-state index contributed by atoms with van der Waals surface area (Å²) >= 11 is 0. The Balaban J connectivity index is 1.43. The normalized spacial score (nSPS) is 19.1. The Morgan fingerprint density at radius 3 is 2.90 bits per heavy atom. The number of amides is 1. The largest absolute Gasteiger partial charge is 0.336 e. The molecule has 0 spiro atoms. The number of fused-ring (bicyclic) bond motifs is 2. The third-order valence-electron chi connectivity index (χ3n) is 6.73. The maximum atomic E-state index is 13.2. The number of rotatable bonds is 4. The standard InChI is InChI=1S/C24H30N6O/c1-28(19-9-3-6-17-7-5-11-26-22(17)19)16-21-27-23-18(8-4-10-20(23)29(21)2)24(31)30-14-12-25-13-15-30/h4-5,7-8,10-11,19,25H,3,6,9,12-16H2,1-2H3. The van der Waals surface area contributed by atoms with Crippen LogP contribution >= 0.6 is 0 Å². The summed E-state index contributed by atoms with van der Waals surface area (Å²) in [6.45, 7) is 3.89. The molecule has 1 saturated heterocycles. The lowest BCUT2D eigenvalue weighted by atomic mass is 9.91. The minimum Gasteiger partial charge on any atom is -0.336 e. The van der Waals surface area contributed by atoms with E-state index in [2.05, 4.69) is 34.0 Å². The van der Waals surface area contributed by atoms with Crippen LogP contribution in [0.25, 0.3) is 11.0 Å². The minimum absolute atomic E-state index is 0.0792. The van der Waals surface area contributed by atoms with Crippen LogP contribution in [0.5, 0.6) is 0 Å². The molecule has 0 saturated carbocycles. The highest BCUT2D eigenvalue weighted by Crippen LogP contribution is 2.33. The SMILES string of the molecule is CN(Cc1nc2c(C(=O)N3CCNCC3)cccc2n1C)C1CCCc2cccnc21. The molecule has 31 heavy (non-hydrogen) atoms. The summed E-state index contributed by atoms with van der Waals surface area (Å²) in [5.74, 6) is 1.05. The van der Waals surface area contributed by atoms with Crippen molar-refractivity contribution < 1.29 is 4.79 Å². The Bertz CT molecular complexity index is 1100. The molecule has 1 atom stereocenters. The second-order valence-corrected chi connectivity index (χ2v) is 8.67. The topological polar surface area (TPSA) is 66.3 Å². The van der Waals surface area contributed by atoms with Crippen LogP contribution in [-0.2, 0) is 20.0 Å². The third-order valence-corrected chi connectivity index (χ3v) is 6.73. The van der Waals surface area contributed by atoms with Crippen molar-refractivity contribution in [2.45, 2.75) is 31.8 Å². The average molecular weight is 419 g/mol. The summed E-state index contributed by atoms with van der Waals surface area (Å²) in [5.41, 5.74) is 5.07. The maximum absolute atomic E-state index is 13.2. The molecule has 1 aliphatic heterocycles. The van der Waals surface area contributed by atoms with Crippen LogP contribution in [0, 0.1) is 0 Å². The number of aryl methyl sites for hydroxylation is 2. The molecule has 0 bridgehead atoms. The van der Waals surface area contributed by atoms with Gasteiger partial charge in [-0.2, -0.15) is 0 Å². The number of nitrogens with one attached hydrogen (secondary N) is 1. The smallest absolute Gasteiger partial charge is 0.256 e. The van der Waals surface area contributed by atoms with E-state index < -0.39 is 0 Å². The Hall–Kier alpha value is -2.77. The number of aromatic nitrogens is 3. The van der Waals surface area contributed by atoms with E-state index in [0.717, 1.165) is 55.9 Å². The molecule has 2 aromatic heterocycles. The van der Waals surface area contributed by atoms with E-state index in [-0.39, 0.29) is 5.91 Å². The van der Waals surface area contributed by atoms with Gasteiger partial charge in [0.2, 0.25) is 0 Å². The van der Waals surface area contributed by atoms with Crippen LogP contribution in [0.1, 0.15) is 46.3 Å². The van der Waals surface area contributed by atoms with E-state index in [1.54, 1.807) is 0 Å². The van der Waals surface area contributed by atoms with Crippen molar-refractivity contribution in [3.63, 3.8) is 0 Å². The first-order valence-electron chi connectivity index (χ1n) is 11.2. The Kier molecular flexibility index (Phi) is 5.46. The number of piperazine rings is 1. The number of carbonyl (C=O) groups is 1. The van der Waals surface area contributed by atoms with Gasteiger partial charge < -0.3 is 14.8 Å². The van der Waals surface area contributed by atoms with Gasteiger partial charge in [-0.25, -0.2) is 4.98 Å². The zero-order valence-corrected chi connectivity index (χ0v) is 18.3. The van der Waals surface area contributed by atoms with Gasteiger partial charge in [0.15, 0.2) is 0 Å². The van der Waals surface area contributed by atoms with Gasteiger partial charge in [-0.05, 0) is 50.1 Å². The predicted molar refractivity (Wildman–Crippen MR) is 121 cm³/mol. The highest BCUT2D eigenvalue weighted by Gasteiger charge is 2.27. The number of hydrogen-bond donors (Lipinski definition) is 1. The van der Waals surface area contributed by atoms with Crippen molar-refractivity contribution in [2.24, 2.45) is 7.05 Å². The third kappa shape index (κ3) is 3.72. The fraction of sp³-hybridized carbons (Fsp3) is 0.458. The molecule has 1 N–H and O–H groups in total. The number of para-hydroxylation sites is 1. The van der Waals surface area contributed by atoms with Crippen molar-refractivity contribution in [3.05, 3.63) is 59.2 Å². The number of imidazole rings is 1. The Morgan fingerprint density at radius 1 is 1.23 bits per heavy atom. The van der Waals surface area contributed by atoms with Crippen LogP contribution in [0.2, 0.25) is 0 Å². The fourth-order valence-corrected chi connectivity index (χ4v) is 4.96. The lowest BCUT2D eigenvalue weighted by Gasteiger charge is -2.32. The molecule has 0 radical (unpaired) electrons. The zero-order valence-electron chi connectivity index (χ0n) is 18.3. The second kappa shape index (κ2) is 8.40. The Labute approximate surface area is 183 Å². The number of carbonyl (C=O) groups excluding carboxylic acids is 1. The maximum Gasteiger partial charge on any atom is 0.256 e. The molecule has 7 nitrogen and oxygen atoms in total. The lowest BCUT2D eigenvalue weighted by molar-refractivity contribution is 0.0737. The van der Waals surface area contributed by atoms with Gasteiger partial charge in [-0.3, -0.25) is 14.7 Å². The molecule has 3 aromatic rings. The van der Waals surface area contributed by atoms with Crippen molar-refractivity contribution in [1.82, 2.24) is 29.7 Å². The summed E-state index contributed by atoms with van der Waals surface area (Å²) in [6.07, 6.45) is 5.29. The molecule has 1 fully saturated rings. The molecule has 1 aromatic carbocycles. The Morgan fingerprint density at radius 2 is 2.06 bits per heavy atom. The van der Waals surface area contributed by atoms with E-state index in [0.29, 0.717) is 18.2 Å². The van der Waals surface area contributed by atoms with Crippen molar-refractivity contribution in [2.75, 3.05) is 33.2 Å². The number of benzene rings is 1. The van der Waals surface area contributed by atoms with E-state index in [9.17, 15) is 4.79 Å². The number of hydrogen-bond acceptors (Lipinski definition) is 5. The van der Waals surface area contributed by atoms with Gasteiger partial charge in [0.25, 0.3) is 5.91 Å². The highest BCUT2D eigenvalue weighted by molar-refractivity contribution is 6.05. The van der Waals surface area contributed by atoms with Gasteiger partial charge in [-0.15, -0.1) is 0 Å². The molecular formula is C24H30N6O. The molecule has 7 heteroatoms. The van der Waals surface area contributed by atoms with Crippen molar-refractivity contribution >= 4 is 16.9 Å². The summed E-state index contributed by atoms with van der Waals surface area (Å²) in [7, 11) is 4.20. The predicted octanol–water partition coefficient (Wildman–Crippen LogP) is 2.52. The molecule has 2 aliphatic rings. The van der Waals surface area contributed by atoms with Gasteiger partial charge in [0, 0.05) is 39.4 Å². The van der Waals surface area contributed by atoms with Crippen molar-refractivity contribution in [3.8, 4) is 0 Å². The van der Waals surface area contributed by atoms with Crippen LogP contribution < -0.4 is 5.32 Å². The summed E-state index contributed by atoms with van der Waals surface area (Å²) in [4.78, 5) is 27.1. The number of nitrogens with zero attached hydrogens (tertiary/aromatic N) is 5.